The average Bonchev–Trinajstić information content (AvgIpc) is 3.88. The summed E-state index contributed by atoms with van der Waals surface area (Å²) in [6, 6.07) is 20.2. The minimum atomic E-state index is -4.45. The number of hydrogen-bond acceptors (Lipinski definition) is 0. The third-order valence-electron chi connectivity index (χ3n) is 9.45. The van der Waals surface area contributed by atoms with E-state index in [0.29, 0.717) is 32.2 Å². The predicted molar refractivity (Wildman–Crippen MR) is 219 cm³/mol. The van der Waals surface area contributed by atoms with E-state index in [9.17, 15) is 8.22 Å². The Balaban J connectivity index is 1.36. The lowest BCUT2D eigenvalue weighted by Gasteiger charge is -2.34. The number of nitrogens with zero attached hydrogens (tertiary/aromatic N) is 2. The van der Waals surface area contributed by atoms with Gasteiger partial charge in [-0.05, 0) is 69.2 Å². The van der Waals surface area contributed by atoms with Gasteiger partial charge in [0.05, 0.1) is 45.4 Å². The van der Waals surface area contributed by atoms with Crippen LogP contribution >= 0.6 is 0 Å². The van der Waals surface area contributed by atoms with Crippen LogP contribution in [0.4, 0.5) is 0 Å². The van der Waals surface area contributed by atoms with Gasteiger partial charge >= 0.3 is 0 Å². The second-order valence-electron chi connectivity index (χ2n) is 12.0. The summed E-state index contributed by atoms with van der Waals surface area (Å²) in [5.74, 6) is 0. The topological polar surface area (TPSA) is 9.86 Å². The lowest BCUT2D eigenvalue weighted by molar-refractivity contribution is 1.17. The highest BCUT2D eigenvalue weighted by Crippen LogP contribution is 2.36. The largest absolute Gasteiger partial charge is 0.309 e. The van der Waals surface area contributed by atoms with Crippen LogP contribution in [0, 0.1) is 0 Å². The van der Waals surface area contributed by atoms with Crippen LogP contribution in [0.25, 0.3) is 55.0 Å². The van der Waals surface area contributed by atoms with Gasteiger partial charge in [0.15, 0.2) is 8.07 Å². The highest BCUT2D eigenvalue weighted by molar-refractivity contribution is 7.19. The van der Waals surface area contributed by atoms with Crippen LogP contribution in [-0.2, 0) is 0 Å². The highest BCUT2D eigenvalue weighted by Gasteiger charge is 2.41. The van der Waals surface area contributed by atoms with E-state index in [2.05, 4.69) is 0 Å². The van der Waals surface area contributed by atoms with Gasteiger partial charge < -0.3 is 9.13 Å². The summed E-state index contributed by atoms with van der Waals surface area (Å²) in [7, 11) is -4.45. The van der Waals surface area contributed by atoms with Crippen LogP contribution in [0.3, 0.4) is 0 Å². The first-order valence-electron chi connectivity index (χ1n) is 24.7. The van der Waals surface area contributed by atoms with E-state index in [1.165, 1.54) is 4.57 Å². The number of para-hydroxylation sites is 3. The third kappa shape index (κ3) is 4.49. The Morgan fingerprint density at radius 2 is 0.902 bits per heavy atom. The Bertz CT molecular complexity index is 3690. The van der Waals surface area contributed by atoms with Gasteiger partial charge in [-0.1, -0.05) is 157 Å². The molecule has 0 fully saturated rings. The quantitative estimate of drug-likeness (QED) is 0.122. The average molecular weight is 684 g/mol. The molecule has 0 aliphatic carbocycles. The van der Waals surface area contributed by atoms with Crippen molar-refractivity contribution in [2.75, 3.05) is 0 Å². The molecule has 0 spiro atoms. The summed E-state index contributed by atoms with van der Waals surface area (Å²) in [6.45, 7) is 0. The van der Waals surface area contributed by atoms with E-state index in [1.807, 2.05) is 0 Å². The van der Waals surface area contributed by atoms with Gasteiger partial charge in [-0.25, -0.2) is 0 Å². The molecule has 0 aliphatic rings. The van der Waals surface area contributed by atoms with Crippen molar-refractivity contribution < 1.29 is 23.3 Å². The predicted octanol–water partition coefficient (Wildman–Crippen LogP) is 9.26. The van der Waals surface area contributed by atoms with Crippen LogP contribution < -0.4 is 20.7 Å². The molecule has 0 unspecified atom stereocenters. The molecule has 0 radical (unpaired) electrons. The molecule has 2 heterocycles. The molecule has 51 heavy (non-hydrogen) atoms. The zero-order valence-corrected chi connectivity index (χ0v) is 27.7. The number of hydrogen-bond donors (Lipinski definition) is 0. The van der Waals surface area contributed by atoms with Crippen LogP contribution in [0.5, 0.6) is 0 Å². The number of aromatic nitrogens is 2. The zero-order chi connectivity index (χ0) is 48.6. The van der Waals surface area contributed by atoms with E-state index in [1.54, 1.807) is 108 Å². The molecule has 2 nitrogen and oxygen atoms in total. The van der Waals surface area contributed by atoms with Crippen molar-refractivity contribution in [2.45, 2.75) is 0 Å². The summed E-state index contributed by atoms with van der Waals surface area (Å²) >= 11 is 0. The van der Waals surface area contributed by atoms with Gasteiger partial charge in [-0.2, -0.15) is 0 Å². The molecule has 0 atom stereocenters. The maximum atomic E-state index is 10.3. The highest BCUT2D eigenvalue weighted by atomic mass is 28.3. The summed E-state index contributed by atoms with van der Waals surface area (Å²) in [5, 5.41) is 1.58. The lowest BCUT2D eigenvalue weighted by Crippen LogP contribution is -2.74. The third-order valence-corrected chi connectivity index (χ3v) is 13.8. The maximum absolute atomic E-state index is 10.3. The van der Waals surface area contributed by atoms with Gasteiger partial charge in [-0.3, -0.25) is 0 Å². The van der Waals surface area contributed by atoms with Crippen molar-refractivity contribution in [1.82, 2.24) is 9.13 Å². The Kier molecular flexibility index (Phi) is 3.96. The zero-order valence-electron chi connectivity index (χ0n) is 43.7. The monoisotopic (exact) mass is 683 g/mol. The minimum absolute atomic E-state index is 0.0757. The van der Waals surface area contributed by atoms with Gasteiger partial charge in [-0.15, -0.1) is 0 Å². The molecule has 240 valence electrons. The van der Waals surface area contributed by atoms with Gasteiger partial charge in [0, 0.05) is 32.9 Å². The van der Waals surface area contributed by atoms with Crippen molar-refractivity contribution in [2.24, 2.45) is 0 Å². The Morgan fingerprint density at radius 3 is 1.59 bits per heavy atom. The summed E-state index contributed by atoms with van der Waals surface area (Å²) in [6.07, 6.45) is 0. The molecule has 0 saturated heterocycles. The van der Waals surface area contributed by atoms with E-state index in [4.69, 9.17) is 15.1 Å². The molecule has 0 aliphatic heterocycles. The second-order valence-corrected chi connectivity index (χ2v) is 15.7. The van der Waals surface area contributed by atoms with Gasteiger partial charge in [0.25, 0.3) is 0 Å². The Labute approximate surface area is 322 Å². The molecule has 0 N–H and O–H groups in total. The number of benzene rings is 8. The Morgan fingerprint density at radius 1 is 0.353 bits per heavy atom. The summed E-state index contributed by atoms with van der Waals surface area (Å²) in [5.41, 5.74) is 0.818. The fourth-order valence-electron chi connectivity index (χ4n) is 7.34. The lowest BCUT2D eigenvalue weighted by atomic mass is 10.1. The fourth-order valence-corrected chi connectivity index (χ4v) is 11.5. The van der Waals surface area contributed by atoms with Gasteiger partial charge in [0.2, 0.25) is 0 Å². The molecule has 8 aromatic carbocycles. The molecule has 10 aromatic rings. The molecular weight excluding hydrogens is 633 g/mol. The van der Waals surface area contributed by atoms with Crippen molar-refractivity contribution in [3.05, 3.63) is 206 Å². The molecule has 2 aromatic heterocycles. The fraction of sp³-hybridized carbons (Fsp3) is 0. The molecule has 0 amide bonds. The Hall–Kier alpha value is -6.42. The van der Waals surface area contributed by atoms with Gasteiger partial charge in [0.1, 0.15) is 0 Å². The first-order chi connectivity index (χ1) is 32.4. The van der Waals surface area contributed by atoms with Crippen molar-refractivity contribution in [1.29, 1.82) is 0 Å². The number of rotatable bonds is 6. The minimum Gasteiger partial charge on any atom is -0.309 e. The van der Waals surface area contributed by atoms with Crippen molar-refractivity contribution in [3.63, 3.8) is 0 Å². The second kappa shape index (κ2) is 11.9. The van der Waals surface area contributed by atoms with Crippen molar-refractivity contribution >= 4 is 72.4 Å². The van der Waals surface area contributed by atoms with E-state index < -0.39 is 105 Å². The summed E-state index contributed by atoms with van der Waals surface area (Å²) in [4.78, 5) is 0. The molecule has 10 rings (SSSR count). The summed E-state index contributed by atoms with van der Waals surface area (Å²) < 4.78 is 157. The SMILES string of the molecule is [2H]c1c([2H])c([2H])c([Si](c2ccccc2)(c2ccccc2)c2c([2H])c([2H])c([2H])c(-n3c4ccccc4c4cc(-n5c6c([2H])c([2H])c([2H])c([2H])c6c6c([2H])c([2H])c([2H])c([2H])c65)ccc43)c2[2H])c([2H])c1[2H]. The van der Waals surface area contributed by atoms with Crippen molar-refractivity contribution in [3.8, 4) is 11.4 Å². The molecular formula is C48H34N2Si. The smallest absolute Gasteiger partial charge is 0.179 e. The van der Waals surface area contributed by atoms with Crippen LogP contribution in [0.2, 0.25) is 0 Å². The van der Waals surface area contributed by atoms with Crippen LogP contribution in [0.1, 0.15) is 23.3 Å². The standard InChI is InChI=1S/C48H34N2Si/c1-4-18-37(19-5-1)51(38-20-6-2-7-21-38,39-22-8-3-9-23-39)40-24-16-17-35(33-40)49-47-30-15-12-27-43(47)44-34-36(31-32-48(44)49)50-45-28-13-10-25-41(45)42-26-11-14-29-46(42)50/h1-34H/i1D,4D,5D,10D,11D,13D,14D,16D,17D,18D,19D,24D,25D,26D,28D,29D,33D. The normalized spacial score (nSPS) is 16.6. The van der Waals surface area contributed by atoms with Crippen LogP contribution in [-0.4, -0.2) is 17.2 Å². The first kappa shape index (κ1) is 17.0. The van der Waals surface area contributed by atoms with E-state index in [0.717, 1.165) is 0 Å². The van der Waals surface area contributed by atoms with E-state index >= 15 is 0 Å². The van der Waals surface area contributed by atoms with E-state index in [-0.39, 0.29) is 49.6 Å². The van der Waals surface area contributed by atoms with Crippen LogP contribution in [0.15, 0.2) is 206 Å². The molecule has 3 heteroatoms. The molecule has 0 bridgehead atoms. The number of fused-ring (bicyclic) bond motifs is 6. The molecule has 0 saturated carbocycles. The first-order valence-corrected chi connectivity index (χ1v) is 18.2. The maximum Gasteiger partial charge on any atom is 0.179 e.